The van der Waals surface area contributed by atoms with Crippen molar-refractivity contribution in [3.8, 4) is 17.0 Å². The van der Waals surface area contributed by atoms with Gasteiger partial charge in [0, 0.05) is 36.8 Å². The van der Waals surface area contributed by atoms with E-state index in [4.69, 9.17) is 9.26 Å². The van der Waals surface area contributed by atoms with Crippen LogP contribution in [0.15, 0.2) is 59.1 Å². The predicted molar refractivity (Wildman–Crippen MR) is 106 cm³/mol. The largest absolute Gasteiger partial charge is 0.496 e. The van der Waals surface area contributed by atoms with Gasteiger partial charge in [-0.2, -0.15) is 0 Å². The number of hydrogen-bond acceptors (Lipinski definition) is 5. The summed E-state index contributed by atoms with van der Waals surface area (Å²) in [5, 5.41) is 7.46. The molecule has 1 aliphatic rings. The first-order chi connectivity index (χ1) is 13.7. The maximum Gasteiger partial charge on any atom is 0.293 e. The summed E-state index contributed by atoms with van der Waals surface area (Å²) in [6.45, 7) is 4.01. The lowest BCUT2D eigenvalue weighted by molar-refractivity contribution is 0.0589. The Morgan fingerprint density at radius 3 is 2.79 bits per heavy atom. The Hall–Kier alpha value is -3.12. The number of nitrogens with one attached hydrogen (secondary N) is 1. The van der Waals surface area contributed by atoms with Gasteiger partial charge in [-0.3, -0.25) is 4.79 Å². The van der Waals surface area contributed by atoms with E-state index in [2.05, 4.69) is 10.5 Å². The van der Waals surface area contributed by atoms with Crippen LogP contribution in [0.5, 0.6) is 5.75 Å². The van der Waals surface area contributed by atoms with Gasteiger partial charge in [0.15, 0.2) is 0 Å². The highest BCUT2D eigenvalue weighted by atomic mass is 16.5. The highest BCUT2D eigenvalue weighted by Crippen LogP contribution is 2.31. The monoisotopic (exact) mass is 377 g/mol. The summed E-state index contributed by atoms with van der Waals surface area (Å²) in [5.41, 5.74) is 3.73. The quantitative estimate of drug-likeness (QED) is 0.754. The number of aryl methyl sites for hydroxylation is 1. The zero-order valence-electron chi connectivity index (χ0n) is 16.0. The SMILES string of the molecule is COc1ccccc1C1CNCCN1C(=O)c1cc(-c2ccc(C)cc2)no1. The van der Waals surface area contributed by atoms with E-state index in [-0.39, 0.29) is 17.7 Å². The van der Waals surface area contributed by atoms with Crippen molar-refractivity contribution in [2.75, 3.05) is 26.7 Å². The minimum atomic E-state index is -0.164. The van der Waals surface area contributed by atoms with Gasteiger partial charge in [-0.1, -0.05) is 53.2 Å². The average Bonchev–Trinajstić information content (AvgIpc) is 3.24. The Morgan fingerprint density at radius 1 is 1.21 bits per heavy atom. The van der Waals surface area contributed by atoms with Gasteiger partial charge < -0.3 is 19.5 Å². The average molecular weight is 377 g/mol. The van der Waals surface area contributed by atoms with Crippen LogP contribution in [0.3, 0.4) is 0 Å². The smallest absolute Gasteiger partial charge is 0.293 e. The van der Waals surface area contributed by atoms with Gasteiger partial charge in [-0.05, 0) is 13.0 Å². The van der Waals surface area contributed by atoms with E-state index >= 15 is 0 Å². The zero-order valence-corrected chi connectivity index (χ0v) is 16.0. The molecule has 6 heteroatoms. The lowest BCUT2D eigenvalue weighted by Crippen LogP contribution is -2.48. The fourth-order valence-corrected chi connectivity index (χ4v) is 3.54. The molecule has 0 bridgehead atoms. The molecule has 0 spiro atoms. The van der Waals surface area contributed by atoms with Gasteiger partial charge in [0.1, 0.15) is 11.4 Å². The molecule has 2 aromatic carbocycles. The van der Waals surface area contributed by atoms with E-state index in [1.807, 2.05) is 60.4 Å². The Kier molecular flexibility index (Phi) is 5.12. The number of hydrogen-bond donors (Lipinski definition) is 1. The van der Waals surface area contributed by atoms with Gasteiger partial charge in [0.25, 0.3) is 5.91 Å². The normalized spacial score (nSPS) is 16.8. The first-order valence-corrected chi connectivity index (χ1v) is 9.35. The maximum absolute atomic E-state index is 13.2. The number of para-hydroxylation sites is 1. The predicted octanol–water partition coefficient (Wildman–Crippen LogP) is 3.45. The van der Waals surface area contributed by atoms with E-state index in [0.717, 1.165) is 23.4 Å². The number of piperazine rings is 1. The summed E-state index contributed by atoms with van der Waals surface area (Å²) >= 11 is 0. The summed E-state index contributed by atoms with van der Waals surface area (Å²) in [6.07, 6.45) is 0. The molecule has 1 unspecified atom stereocenters. The highest BCUT2D eigenvalue weighted by molar-refractivity contribution is 5.93. The summed E-state index contributed by atoms with van der Waals surface area (Å²) in [5.74, 6) is 0.854. The molecular formula is C22H23N3O3. The van der Waals surface area contributed by atoms with Crippen molar-refractivity contribution in [3.05, 3.63) is 71.5 Å². The molecule has 1 N–H and O–H groups in total. The Labute approximate surface area is 164 Å². The van der Waals surface area contributed by atoms with Crippen LogP contribution in [0.4, 0.5) is 0 Å². The third kappa shape index (κ3) is 3.51. The van der Waals surface area contributed by atoms with Gasteiger partial charge in [0.05, 0.1) is 13.2 Å². The van der Waals surface area contributed by atoms with E-state index in [1.165, 1.54) is 5.56 Å². The fraction of sp³-hybridized carbons (Fsp3) is 0.273. The molecule has 3 aromatic rings. The van der Waals surface area contributed by atoms with Crippen molar-refractivity contribution in [1.29, 1.82) is 0 Å². The number of methoxy groups -OCH3 is 1. The second kappa shape index (κ2) is 7.86. The molecule has 1 aliphatic heterocycles. The fourth-order valence-electron chi connectivity index (χ4n) is 3.54. The van der Waals surface area contributed by atoms with Gasteiger partial charge >= 0.3 is 0 Å². The number of benzene rings is 2. The summed E-state index contributed by atoms with van der Waals surface area (Å²) in [4.78, 5) is 15.0. The molecule has 0 radical (unpaired) electrons. The molecule has 0 saturated carbocycles. The molecule has 28 heavy (non-hydrogen) atoms. The number of amides is 1. The zero-order chi connectivity index (χ0) is 19.5. The first kappa shape index (κ1) is 18.3. The molecule has 1 aromatic heterocycles. The lowest BCUT2D eigenvalue weighted by Gasteiger charge is -2.36. The van der Waals surface area contributed by atoms with E-state index in [0.29, 0.717) is 18.8 Å². The molecule has 4 rings (SSSR count). The van der Waals surface area contributed by atoms with Crippen molar-refractivity contribution in [3.63, 3.8) is 0 Å². The number of aromatic nitrogens is 1. The summed E-state index contributed by atoms with van der Waals surface area (Å²) < 4.78 is 10.9. The molecule has 1 atom stereocenters. The first-order valence-electron chi connectivity index (χ1n) is 9.35. The van der Waals surface area contributed by atoms with Crippen molar-refractivity contribution in [1.82, 2.24) is 15.4 Å². The van der Waals surface area contributed by atoms with Crippen LogP contribution < -0.4 is 10.1 Å². The Bertz CT molecular complexity index is 965. The summed E-state index contributed by atoms with van der Waals surface area (Å²) in [6, 6.07) is 17.4. The lowest BCUT2D eigenvalue weighted by atomic mass is 10.0. The van der Waals surface area contributed by atoms with E-state index < -0.39 is 0 Å². The van der Waals surface area contributed by atoms with Crippen LogP contribution in [0.25, 0.3) is 11.3 Å². The van der Waals surface area contributed by atoms with Crippen molar-refractivity contribution in [2.45, 2.75) is 13.0 Å². The van der Waals surface area contributed by atoms with Gasteiger partial charge in [-0.25, -0.2) is 0 Å². The minimum Gasteiger partial charge on any atom is -0.496 e. The maximum atomic E-state index is 13.2. The van der Waals surface area contributed by atoms with Crippen LogP contribution >= 0.6 is 0 Å². The number of ether oxygens (including phenoxy) is 1. The van der Waals surface area contributed by atoms with Crippen molar-refractivity contribution >= 4 is 5.91 Å². The standard InChI is InChI=1S/C22H23N3O3/c1-15-7-9-16(10-8-15)18-13-21(28-24-18)22(26)25-12-11-23-14-19(25)17-5-3-4-6-20(17)27-2/h3-10,13,19,23H,11-12,14H2,1-2H3. The molecule has 1 amide bonds. The van der Waals surface area contributed by atoms with Crippen LogP contribution in [0.2, 0.25) is 0 Å². The van der Waals surface area contributed by atoms with Crippen molar-refractivity contribution in [2.24, 2.45) is 0 Å². The molecule has 144 valence electrons. The number of rotatable bonds is 4. The van der Waals surface area contributed by atoms with Crippen LogP contribution in [-0.2, 0) is 0 Å². The molecule has 0 aliphatic carbocycles. The molecular weight excluding hydrogens is 354 g/mol. The third-order valence-corrected chi connectivity index (χ3v) is 5.07. The number of carbonyl (C=O) groups is 1. The van der Waals surface area contributed by atoms with E-state index in [9.17, 15) is 4.79 Å². The summed E-state index contributed by atoms with van der Waals surface area (Å²) in [7, 11) is 1.64. The number of nitrogens with zero attached hydrogens (tertiary/aromatic N) is 2. The second-order valence-corrected chi connectivity index (χ2v) is 6.90. The highest BCUT2D eigenvalue weighted by Gasteiger charge is 2.32. The van der Waals surface area contributed by atoms with Crippen LogP contribution in [0, 0.1) is 6.92 Å². The van der Waals surface area contributed by atoms with Crippen LogP contribution in [-0.4, -0.2) is 42.7 Å². The topological polar surface area (TPSA) is 67.6 Å². The number of carbonyl (C=O) groups excluding carboxylic acids is 1. The molecule has 1 saturated heterocycles. The molecule has 2 heterocycles. The van der Waals surface area contributed by atoms with E-state index in [1.54, 1.807) is 13.2 Å². The molecule has 6 nitrogen and oxygen atoms in total. The Morgan fingerprint density at radius 2 is 2.00 bits per heavy atom. The molecule has 1 fully saturated rings. The third-order valence-electron chi connectivity index (χ3n) is 5.07. The van der Waals surface area contributed by atoms with Crippen molar-refractivity contribution < 1.29 is 14.1 Å². The van der Waals surface area contributed by atoms with Gasteiger partial charge in [-0.15, -0.1) is 0 Å². The van der Waals surface area contributed by atoms with Crippen LogP contribution in [0.1, 0.15) is 27.7 Å². The van der Waals surface area contributed by atoms with Gasteiger partial charge in [0.2, 0.25) is 5.76 Å². The Balaban J connectivity index is 1.61. The minimum absolute atomic E-state index is 0.134. The second-order valence-electron chi connectivity index (χ2n) is 6.90.